The Morgan fingerprint density at radius 3 is 2.52 bits per heavy atom. The molecule has 4 aromatic rings. The number of aromatic nitrogens is 6. The van der Waals surface area contributed by atoms with Crippen molar-refractivity contribution in [3.8, 4) is 11.4 Å². The first-order valence-electron chi connectivity index (χ1n) is 8.62. The number of anilines is 1. The van der Waals surface area contributed by atoms with Crippen LogP contribution in [0, 0.1) is 19.7 Å². The third-order valence-electron chi connectivity index (χ3n) is 4.28. The van der Waals surface area contributed by atoms with Crippen molar-refractivity contribution in [1.82, 2.24) is 30.0 Å². The monoisotopic (exact) mass is 411 g/mol. The number of nitrogens with one attached hydrogen (secondary N) is 1. The molecule has 8 nitrogen and oxygen atoms in total. The molecule has 0 saturated carbocycles. The third kappa shape index (κ3) is 3.59. The number of hydrogen-bond donors (Lipinski definition) is 1. The van der Waals surface area contributed by atoms with Crippen LogP contribution in [-0.2, 0) is 0 Å². The summed E-state index contributed by atoms with van der Waals surface area (Å²) in [6.07, 6.45) is 0. The van der Waals surface area contributed by atoms with Gasteiger partial charge in [-0.2, -0.15) is 9.78 Å². The standard InChI is InChI=1S/C19H15ClFN7O/c1-11-17(18(20)28(24-11)15-8-6-13(21)7-9-15)19(29)22-14-4-3-5-16(10-14)27-12(2)23-25-26-27/h3-10H,1-2H3,(H,22,29). The summed E-state index contributed by atoms with van der Waals surface area (Å²) in [5, 5.41) is 18.7. The molecule has 1 amide bonds. The molecule has 29 heavy (non-hydrogen) atoms. The molecule has 1 N–H and O–H groups in total. The molecule has 0 saturated heterocycles. The van der Waals surface area contributed by atoms with Gasteiger partial charge in [-0.1, -0.05) is 17.7 Å². The van der Waals surface area contributed by atoms with Gasteiger partial charge in [-0.25, -0.2) is 9.07 Å². The molecule has 0 radical (unpaired) electrons. The molecule has 146 valence electrons. The molecule has 2 aromatic heterocycles. The lowest BCUT2D eigenvalue weighted by Crippen LogP contribution is -2.13. The number of aryl methyl sites for hydroxylation is 2. The summed E-state index contributed by atoms with van der Waals surface area (Å²) >= 11 is 6.41. The molecular weight excluding hydrogens is 397 g/mol. The highest BCUT2D eigenvalue weighted by Crippen LogP contribution is 2.25. The van der Waals surface area contributed by atoms with Crippen LogP contribution >= 0.6 is 11.6 Å². The summed E-state index contributed by atoms with van der Waals surface area (Å²) in [7, 11) is 0. The van der Waals surface area contributed by atoms with Crippen molar-refractivity contribution < 1.29 is 9.18 Å². The summed E-state index contributed by atoms with van der Waals surface area (Å²) in [6, 6.07) is 12.8. The number of carbonyl (C=O) groups is 1. The van der Waals surface area contributed by atoms with Gasteiger partial charge in [0.15, 0.2) is 5.82 Å². The molecule has 0 fully saturated rings. The molecule has 0 aliphatic heterocycles. The van der Waals surface area contributed by atoms with Crippen molar-refractivity contribution in [2.45, 2.75) is 13.8 Å². The molecular formula is C19H15ClFN7O. The fourth-order valence-corrected chi connectivity index (χ4v) is 3.25. The largest absolute Gasteiger partial charge is 0.322 e. The van der Waals surface area contributed by atoms with Crippen molar-refractivity contribution in [2.24, 2.45) is 0 Å². The Hall–Kier alpha value is -3.59. The fraction of sp³-hybridized carbons (Fsp3) is 0.105. The van der Waals surface area contributed by atoms with Crippen molar-refractivity contribution in [3.63, 3.8) is 0 Å². The summed E-state index contributed by atoms with van der Waals surface area (Å²) in [6.45, 7) is 3.46. The molecule has 0 aliphatic rings. The summed E-state index contributed by atoms with van der Waals surface area (Å²) in [5.74, 6) is -0.163. The van der Waals surface area contributed by atoms with Gasteiger partial charge in [0, 0.05) is 5.69 Å². The molecule has 0 aliphatic carbocycles. The Kier molecular flexibility index (Phi) is 4.81. The van der Waals surface area contributed by atoms with Crippen molar-refractivity contribution in [2.75, 3.05) is 5.32 Å². The fourth-order valence-electron chi connectivity index (χ4n) is 2.89. The Balaban J connectivity index is 1.63. The Morgan fingerprint density at radius 2 is 1.83 bits per heavy atom. The van der Waals surface area contributed by atoms with E-state index in [-0.39, 0.29) is 16.5 Å². The van der Waals surface area contributed by atoms with Crippen molar-refractivity contribution >= 4 is 23.2 Å². The summed E-state index contributed by atoms with van der Waals surface area (Å²) in [4.78, 5) is 12.9. The molecule has 0 spiro atoms. The lowest BCUT2D eigenvalue weighted by atomic mass is 10.2. The molecule has 10 heteroatoms. The summed E-state index contributed by atoms with van der Waals surface area (Å²) < 4.78 is 16.1. The smallest absolute Gasteiger partial charge is 0.260 e. The molecule has 4 rings (SSSR count). The van der Waals surface area contributed by atoms with Gasteiger partial charge in [0.25, 0.3) is 5.91 Å². The number of tetrazole rings is 1. The van der Waals surface area contributed by atoms with E-state index in [1.165, 1.54) is 28.9 Å². The van der Waals surface area contributed by atoms with Gasteiger partial charge < -0.3 is 5.32 Å². The zero-order valence-electron chi connectivity index (χ0n) is 15.5. The second kappa shape index (κ2) is 7.44. The number of halogens is 2. The van der Waals surface area contributed by atoms with Gasteiger partial charge in [-0.15, -0.1) is 5.10 Å². The minimum absolute atomic E-state index is 0.138. The van der Waals surface area contributed by atoms with E-state index >= 15 is 0 Å². The van der Waals surface area contributed by atoms with Gasteiger partial charge >= 0.3 is 0 Å². The normalized spacial score (nSPS) is 10.9. The average molecular weight is 412 g/mol. The van der Waals surface area contributed by atoms with Crippen LogP contribution in [0.5, 0.6) is 0 Å². The first-order valence-corrected chi connectivity index (χ1v) is 8.99. The zero-order chi connectivity index (χ0) is 20.5. The van der Waals surface area contributed by atoms with E-state index in [4.69, 9.17) is 11.6 Å². The van der Waals surface area contributed by atoms with Crippen LogP contribution in [0.3, 0.4) is 0 Å². The van der Waals surface area contributed by atoms with E-state index in [0.717, 1.165) is 0 Å². The number of rotatable bonds is 4. The van der Waals surface area contributed by atoms with E-state index in [1.807, 2.05) is 6.07 Å². The SMILES string of the molecule is Cc1nn(-c2ccc(F)cc2)c(Cl)c1C(=O)Nc1cccc(-n2nnnc2C)c1. The van der Waals surface area contributed by atoms with E-state index in [9.17, 15) is 9.18 Å². The highest BCUT2D eigenvalue weighted by molar-refractivity contribution is 6.34. The van der Waals surface area contributed by atoms with Gasteiger partial charge in [-0.3, -0.25) is 4.79 Å². The van der Waals surface area contributed by atoms with E-state index in [0.29, 0.717) is 28.6 Å². The minimum atomic E-state index is -0.411. The molecule has 0 atom stereocenters. The lowest BCUT2D eigenvalue weighted by molar-refractivity contribution is 0.102. The van der Waals surface area contributed by atoms with Crippen LogP contribution in [-0.4, -0.2) is 35.9 Å². The zero-order valence-corrected chi connectivity index (χ0v) is 16.2. The molecule has 2 heterocycles. The second-order valence-electron chi connectivity index (χ2n) is 6.28. The van der Waals surface area contributed by atoms with E-state index < -0.39 is 5.91 Å². The average Bonchev–Trinajstić information content (AvgIpc) is 3.25. The van der Waals surface area contributed by atoms with Gasteiger partial charge in [0.2, 0.25) is 0 Å². The van der Waals surface area contributed by atoms with Crippen LogP contribution in [0.1, 0.15) is 21.9 Å². The molecule has 0 bridgehead atoms. The molecule has 0 unspecified atom stereocenters. The number of nitrogens with zero attached hydrogens (tertiary/aromatic N) is 6. The maximum absolute atomic E-state index is 13.2. The van der Waals surface area contributed by atoms with Crippen molar-refractivity contribution in [3.05, 3.63) is 76.6 Å². The minimum Gasteiger partial charge on any atom is -0.322 e. The first-order chi connectivity index (χ1) is 13.9. The van der Waals surface area contributed by atoms with Gasteiger partial charge in [0.1, 0.15) is 16.5 Å². The second-order valence-corrected chi connectivity index (χ2v) is 6.64. The highest BCUT2D eigenvalue weighted by Gasteiger charge is 2.21. The predicted molar refractivity (Wildman–Crippen MR) is 105 cm³/mol. The quantitative estimate of drug-likeness (QED) is 0.555. The third-order valence-corrected chi connectivity index (χ3v) is 4.63. The van der Waals surface area contributed by atoms with Gasteiger partial charge in [0.05, 0.1) is 17.1 Å². The lowest BCUT2D eigenvalue weighted by Gasteiger charge is -2.08. The topological polar surface area (TPSA) is 90.5 Å². The molecule has 2 aromatic carbocycles. The highest BCUT2D eigenvalue weighted by atomic mass is 35.5. The van der Waals surface area contributed by atoms with Crippen LogP contribution in [0.15, 0.2) is 48.5 Å². The predicted octanol–water partition coefficient (Wildman–Crippen LogP) is 3.51. The number of benzene rings is 2. The van der Waals surface area contributed by atoms with Crippen LogP contribution in [0.2, 0.25) is 5.15 Å². The van der Waals surface area contributed by atoms with Gasteiger partial charge in [-0.05, 0) is 66.7 Å². The number of carbonyl (C=O) groups excluding carboxylic acids is 1. The number of amides is 1. The maximum Gasteiger partial charge on any atom is 0.260 e. The van der Waals surface area contributed by atoms with Crippen molar-refractivity contribution in [1.29, 1.82) is 0 Å². The van der Waals surface area contributed by atoms with E-state index in [1.54, 1.807) is 36.7 Å². The summed E-state index contributed by atoms with van der Waals surface area (Å²) in [5.41, 5.74) is 2.49. The number of hydrogen-bond acceptors (Lipinski definition) is 5. The van der Waals surface area contributed by atoms with Crippen LogP contribution < -0.4 is 5.32 Å². The van der Waals surface area contributed by atoms with Crippen LogP contribution in [0.4, 0.5) is 10.1 Å². The maximum atomic E-state index is 13.2. The Morgan fingerprint density at radius 1 is 1.07 bits per heavy atom. The Bertz CT molecular complexity index is 1200. The van der Waals surface area contributed by atoms with Crippen LogP contribution in [0.25, 0.3) is 11.4 Å². The first kappa shape index (κ1) is 18.8. The Labute approximate surface area is 169 Å². The van der Waals surface area contributed by atoms with E-state index in [2.05, 4.69) is 25.9 Å².